The molecule has 1 heterocycles. The van der Waals surface area contributed by atoms with Crippen molar-refractivity contribution in [2.45, 2.75) is 6.42 Å². The number of benzene rings is 2. The lowest BCUT2D eigenvalue weighted by atomic mass is 10.0. The number of aliphatic hydroxyl groups is 1. The molecule has 0 fully saturated rings. The molecular formula is C20H22N2O5. The van der Waals surface area contributed by atoms with E-state index < -0.39 is 0 Å². The predicted octanol–water partition coefficient (Wildman–Crippen LogP) is 2.87. The minimum atomic E-state index is -0.0375. The highest BCUT2D eigenvalue weighted by Crippen LogP contribution is 2.38. The van der Waals surface area contributed by atoms with Crippen molar-refractivity contribution in [2.75, 3.05) is 35.0 Å². The van der Waals surface area contributed by atoms with E-state index in [1.54, 1.807) is 34.5 Å². The number of methoxy groups -OCH3 is 4. The maximum absolute atomic E-state index is 9.33. The van der Waals surface area contributed by atoms with Crippen molar-refractivity contribution in [3.05, 3.63) is 36.2 Å². The third-order valence-electron chi connectivity index (χ3n) is 4.24. The Kier molecular flexibility index (Phi) is 5.61. The first kappa shape index (κ1) is 18.7. The SMILES string of the molecule is COc1ccc(-c2nc(CCO)nc3cc(OC)c(OC)cc23)cc1OC. The van der Waals surface area contributed by atoms with Crippen LogP contribution in [0.1, 0.15) is 5.82 Å². The average Bonchev–Trinajstić information content (AvgIpc) is 2.71. The Morgan fingerprint density at radius 3 is 2.04 bits per heavy atom. The van der Waals surface area contributed by atoms with Gasteiger partial charge in [0.25, 0.3) is 0 Å². The Morgan fingerprint density at radius 2 is 1.41 bits per heavy atom. The van der Waals surface area contributed by atoms with E-state index in [4.69, 9.17) is 18.9 Å². The molecule has 27 heavy (non-hydrogen) atoms. The topological polar surface area (TPSA) is 82.9 Å². The quantitative estimate of drug-likeness (QED) is 0.685. The lowest BCUT2D eigenvalue weighted by Crippen LogP contribution is -2.02. The van der Waals surface area contributed by atoms with E-state index in [0.29, 0.717) is 46.5 Å². The fourth-order valence-corrected chi connectivity index (χ4v) is 2.92. The summed E-state index contributed by atoms with van der Waals surface area (Å²) in [7, 11) is 6.34. The summed E-state index contributed by atoms with van der Waals surface area (Å²) in [6.07, 6.45) is 0.352. The molecule has 3 rings (SSSR count). The predicted molar refractivity (Wildman–Crippen MR) is 102 cm³/mol. The van der Waals surface area contributed by atoms with Crippen molar-refractivity contribution >= 4 is 10.9 Å². The maximum atomic E-state index is 9.33. The van der Waals surface area contributed by atoms with E-state index in [1.165, 1.54) is 0 Å². The van der Waals surface area contributed by atoms with Gasteiger partial charge in [0.2, 0.25) is 0 Å². The normalized spacial score (nSPS) is 10.7. The van der Waals surface area contributed by atoms with E-state index in [0.717, 1.165) is 10.9 Å². The third kappa shape index (κ3) is 3.59. The van der Waals surface area contributed by atoms with Gasteiger partial charge in [-0.3, -0.25) is 0 Å². The minimum Gasteiger partial charge on any atom is -0.493 e. The second kappa shape index (κ2) is 8.09. The number of nitrogens with zero attached hydrogens (tertiary/aromatic N) is 2. The smallest absolute Gasteiger partial charge is 0.162 e. The van der Waals surface area contributed by atoms with Gasteiger partial charge in [-0.1, -0.05) is 0 Å². The zero-order valence-corrected chi connectivity index (χ0v) is 15.8. The van der Waals surface area contributed by atoms with Crippen LogP contribution < -0.4 is 18.9 Å². The van der Waals surface area contributed by atoms with Crippen LogP contribution in [0.2, 0.25) is 0 Å². The van der Waals surface area contributed by atoms with Gasteiger partial charge >= 0.3 is 0 Å². The van der Waals surface area contributed by atoms with Gasteiger partial charge < -0.3 is 24.1 Å². The molecular weight excluding hydrogens is 348 g/mol. The fourth-order valence-electron chi connectivity index (χ4n) is 2.92. The standard InChI is InChI=1S/C20H22N2O5/c1-24-15-6-5-12(9-16(15)25-2)20-13-10-17(26-3)18(27-4)11-14(13)21-19(22-20)7-8-23/h5-6,9-11,23H,7-8H2,1-4H3. The van der Waals surface area contributed by atoms with Crippen molar-refractivity contribution in [3.8, 4) is 34.3 Å². The molecule has 0 aliphatic rings. The van der Waals surface area contributed by atoms with E-state index in [2.05, 4.69) is 9.97 Å². The highest BCUT2D eigenvalue weighted by atomic mass is 16.5. The number of aliphatic hydroxyl groups excluding tert-OH is 1. The molecule has 142 valence electrons. The van der Waals surface area contributed by atoms with Crippen molar-refractivity contribution in [1.82, 2.24) is 9.97 Å². The average molecular weight is 370 g/mol. The van der Waals surface area contributed by atoms with Crippen LogP contribution in [0.25, 0.3) is 22.2 Å². The van der Waals surface area contributed by atoms with Gasteiger partial charge in [-0.15, -0.1) is 0 Å². The Hall–Kier alpha value is -3.06. The van der Waals surface area contributed by atoms with Gasteiger partial charge in [-0.05, 0) is 24.3 Å². The van der Waals surface area contributed by atoms with Gasteiger partial charge in [0, 0.05) is 23.4 Å². The van der Waals surface area contributed by atoms with Crippen molar-refractivity contribution < 1.29 is 24.1 Å². The number of hydrogen-bond acceptors (Lipinski definition) is 7. The molecule has 0 amide bonds. The summed E-state index contributed by atoms with van der Waals surface area (Å²) < 4.78 is 21.5. The molecule has 2 aromatic carbocycles. The Bertz CT molecular complexity index is 959. The molecule has 0 atom stereocenters. The highest BCUT2D eigenvalue weighted by molar-refractivity contribution is 5.94. The van der Waals surface area contributed by atoms with Crippen molar-refractivity contribution in [3.63, 3.8) is 0 Å². The van der Waals surface area contributed by atoms with E-state index in [9.17, 15) is 5.11 Å². The molecule has 0 unspecified atom stereocenters. The molecule has 7 heteroatoms. The number of hydrogen-bond donors (Lipinski definition) is 1. The van der Waals surface area contributed by atoms with Crippen LogP contribution in [0, 0.1) is 0 Å². The van der Waals surface area contributed by atoms with E-state index in [1.807, 2.05) is 24.3 Å². The molecule has 0 radical (unpaired) electrons. The Balaban J connectivity index is 2.29. The molecule has 0 spiro atoms. The second-order valence-corrected chi connectivity index (χ2v) is 5.76. The summed E-state index contributed by atoms with van der Waals surface area (Å²) in [5, 5.41) is 10.1. The van der Waals surface area contributed by atoms with Crippen LogP contribution in [-0.4, -0.2) is 50.1 Å². The van der Waals surface area contributed by atoms with E-state index in [-0.39, 0.29) is 6.61 Å². The lowest BCUT2D eigenvalue weighted by Gasteiger charge is -2.14. The first-order valence-corrected chi connectivity index (χ1v) is 8.41. The number of fused-ring (bicyclic) bond motifs is 1. The zero-order chi connectivity index (χ0) is 19.4. The van der Waals surface area contributed by atoms with Crippen LogP contribution in [0.15, 0.2) is 30.3 Å². The molecule has 1 N–H and O–H groups in total. The van der Waals surface area contributed by atoms with Gasteiger partial charge in [0.15, 0.2) is 23.0 Å². The van der Waals surface area contributed by atoms with Crippen LogP contribution in [0.3, 0.4) is 0 Å². The molecule has 0 saturated heterocycles. The lowest BCUT2D eigenvalue weighted by molar-refractivity contribution is 0.297. The van der Waals surface area contributed by atoms with Gasteiger partial charge in [-0.2, -0.15) is 0 Å². The molecule has 1 aromatic heterocycles. The Labute approximate surface area is 157 Å². The number of aromatic nitrogens is 2. The molecule has 0 aliphatic heterocycles. The largest absolute Gasteiger partial charge is 0.493 e. The van der Waals surface area contributed by atoms with Gasteiger partial charge in [0.05, 0.1) is 46.3 Å². The minimum absolute atomic E-state index is 0.0375. The first-order valence-electron chi connectivity index (χ1n) is 8.41. The maximum Gasteiger partial charge on any atom is 0.162 e. The van der Waals surface area contributed by atoms with Crippen molar-refractivity contribution in [2.24, 2.45) is 0 Å². The van der Waals surface area contributed by atoms with Crippen LogP contribution in [0.5, 0.6) is 23.0 Å². The van der Waals surface area contributed by atoms with Gasteiger partial charge in [-0.25, -0.2) is 9.97 Å². The summed E-state index contributed by atoms with van der Waals surface area (Å²) in [4.78, 5) is 9.21. The summed E-state index contributed by atoms with van der Waals surface area (Å²) >= 11 is 0. The van der Waals surface area contributed by atoms with Crippen LogP contribution in [0.4, 0.5) is 0 Å². The number of rotatable bonds is 7. The second-order valence-electron chi connectivity index (χ2n) is 5.76. The highest BCUT2D eigenvalue weighted by Gasteiger charge is 2.16. The summed E-state index contributed by atoms with van der Waals surface area (Å²) in [5.41, 5.74) is 2.26. The van der Waals surface area contributed by atoms with Crippen LogP contribution in [-0.2, 0) is 6.42 Å². The molecule has 0 bridgehead atoms. The third-order valence-corrected chi connectivity index (χ3v) is 4.24. The monoisotopic (exact) mass is 370 g/mol. The molecule has 0 aliphatic carbocycles. The zero-order valence-electron chi connectivity index (χ0n) is 15.8. The fraction of sp³-hybridized carbons (Fsp3) is 0.300. The van der Waals surface area contributed by atoms with Crippen molar-refractivity contribution in [1.29, 1.82) is 0 Å². The van der Waals surface area contributed by atoms with Crippen LogP contribution >= 0.6 is 0 Å². The number of ether oxygens (including phenoxy) is 4. The molecule has 7 nitrogen and oxygen atoms in total. The molecule has 3 aromatic rings. The first-order chi connectivity index (χ1) is 13.1. The van der Waals surface area contributed by atoms with Gasteiger partial charge in [0.1, 0.15) is 5.82 Å². The summed E-state index contributed by atoms with van der Waals surface area (Å²) in [6.45, 7) is -0.0375. The van der Waals surface area contributed by atoms with E-state index >= 15 is 0 Å². The molecule has 0 saturated carbocycles. The summed E-state index contributed by atoms with van der Waals surface area (Å²) in [5.74, 6) is 2.95. The Morgan fingerprint density at radius 1 is 0.778 bits per heavy atom. The summed E-state index contributed by atoms with van der Waals surface area (Å²) in [6, 6.07) is 9.25.